The Kier molecular flexibility index (Phi) is 7.98. The molecule has 0 aliphatic rings. The zero-order valence-electron chi connectivity index (χ0n) is 15.3. The normalized spacial score (nSPS) is 12.4. The largest absolute Gasteiger partial charge is 0.467 e. The number of carbonyl (C=O) groups is 3. The summed E-state index contributed by atoms with van der Waals surface area (Å²) < 4.78 is 9.69. The minimum absolute atomic E-state index is 0.0389. The Balaban J connectivity index is 2.08. The fraction of sp³-hybridized carbons (Fsp3) is 0.250. The summed E-state index contributed by atoms with van der Waals surface area (Å²) >= 11 is 0. The van der Waals surface area contributed by atoms with Gasteiger partial charge in [-0.25, -0.2) is 9.59 Å². The second-order valence-electron chi connectivity index (χ2n) is 5.82. The Morgan fingerprint density at radius 3 is 2.14 bits per heavy atom. The predicted octanol–water partition coefficient (Wildman–Crippen LogP) is 1.30. The molecule has 0 aliphatic heterocycles. The van der Waals surface area contributed by atoms with E-state index in [1.165, 1.54) is 0 Å². The average Bonchev–Trinajstić information content (AvgIpc) is 2.75. The third-order valence-corrected chi connectivity index (χ3v) is 3.85. The summed E-state index contributed by atoms with van der Waals surface area (Å²) in [5.74, 6) is -1.48. The first-order valence-electron chi connectivity index (χ1n) is 8.56. The molecule has 2 atom stereocenters. The highest BCUT2D eigenvalue weighted by Gasteiger charge is 2.28. The van der Waals surface area contributed by atoms with Crippen LogP contribution in [0.4, 0.5) is 4.79 Å². The molecular weight excluding hydrogens is 364 g/mol. The van der Waals surface area contributed by atoms with Crippen LogP contribution in [0.25, 0.3) is 0 Å². The first kappa shape index (κ1) is 20.9. The summed E-state index contributed by atoms with van der Waals surface area (Å²) in [5, 5.41) is 14.1. The summed E-state index contributed by atoms with van der Waals surface area (Å²) in [6.45, 7) is -0.602. The molecule has 148 valence electrons. The van der Waals surface area contributed by atoms with Gasteiger partial charge in [0.2, 0.25) is 5.91 Å². The molecule has 0 saturated heterocycles. The smallest absolute Gasteiger partial charge is 0.408 e. The zero-order chi connectivity index (χ0) is 20.4. The highest BCUT2D eigenvalue weighted by atomic mass is 16.5. The van der Waals surface area contributed by atoms with E-state index in [1.54, 1.807) is 42.5 Å². The molecule has 0 aromatic heterocycles. The van der Waals surface area contributed by atoms with Crippen molar-refractivity contribution in [1.82, 2.24) is 10.6 Å². The van der Waals surface area contributed by atoms with Gasteiger partial charge >= 0.3 is 12.1 Å². The monoisotopic (exact) mass is 386 g/mol. The van der Waals surface area contributed by atoms with Crippen LogP contribution in [0.5, 0.6) is 0 Å². The molecule has 2 aromatic carbocycles. The number of aliphatic hydroxyl groups excluding tert-OH is 1. The summed E-state index contributed by atoms with van der Waals surface area (Å²) in [6, 6.07) is 15.2. The van der Waals surface area contributed by atoms with Crippen LogP contribution >= 0.6 is 0 Å². The molecule has 0 bridgehead atoms. The number of hydrogen-bond acceptors (Lipinski definition) is 6. The summed E-state index contributed by atoms with van der Waals surface area (Å²) in [5.41, 5.74) is 1.28. The molecule has 0 saturated carbocycles. The summed E-state index contributed by atoms with van der Waals surface area (Å²) in [6.07, 6.45) is -0.800. The van der Waals surface area contributed by atoms with Gasteiger partial charge in [0, 0.05) is 0 Å². The maximum Gasteiger partial charge on any atom is 0.408 e. The SMILES string of the molecule is COC(=O)C(CO)NC(=O)[C@@H](NC(=O)OCc1ccccc1)c1ccccc1. The third kappa shape index (κ3) is 6.10. The van der Waals surface area contributed by atoms with Gasteiger partial charge < -0.3 is 25.2 Å². The molecule has 8 heteroatoms. The lowest BCUT2D eigenvalue weighted by atomic mass is 10.1. The molecule has 2 rings (SSSR count). The van der Waals surface area contributed by atoms with Crippen molar-refractivity contribution in [3.05, 3.63) is 71.8 Å². The molecule has 28 heavy (non-hydrogen) atoms. The van der Waals surface area contributed by atoms with Crippen LogP contribution in [-0.4, -0.2) is 42.8 Å². The maximum absolute atomic E-state index is 12.6. The highest BCUT2D eigenvalue weighted by molar-refractivity contribution is 5.90. The fourth-order valence-corrected chi connectivity index (χ4v) is 2.40. The number of nitrogens with one attached hydrogen (secondary N) is 2. The Hall–Kier alpha value is -3.39. The van der Waals surface area contributed by atoms with Crippen LogP contribution < -0.4 is 10.6 Å². The van der Waals surface area contributed by atoms with E-state index in [0.717, 1.165) is 12.7 Å². The van der Waals surface area contributed by atoms with E-state index in [2.05, 4.69) is 15.4 Å². The number of alkyl carbamates (subject to hydrolysis) is 1. The second kappa shape index (κ2) is 10.7. The number of methoxy groups -OCH3 is 1. The van der Waals surface area contributed by atoms with Crippen molar-refractivity contribution in [2.24, 2.45) is 0 Å². The van der Waals surface area contributed by atoms with Crippen LogP contribution in [0.3, 0.4) is 0 Å². The summed E-state index contributed by atoms with van der Waals surface area (Å²) in [4.78, 5) is 36.4. The molecule has 1 unspecified atom stereocenters. The van der Waals surface area contributed by atoms with Gasteiger partial charge in [0.15, 0.2) is 6.04 Å². The van der Waals surface area contributed by atoms with Crippen molar-refractivity contribution in [2.45, 2.75) is 18.7 Å². The van der Waals surface area contributed by atoms with Gasteiger partial charge in [0.25, 0.3) is 0 Å². The van der Waals surface area contributed by atoms with Crippen LogP contribution in [0.15, 0.2) is 60.7 Å². The van der Waals surface area contributed by atoms with Crippen LogP contribution in [-0.2, 0) is 25.7 Å². The number of ether oxygens (including phenoxy) is 2. The molecule has 0 fully saturated rings. The Morgan fingerprint density at radius 2 is 1.57 bits per heavy atom. The van der Waals surface area contributed by atoms with Crippen molar-refractivity contribution in [1.29, 1.82) is 0 Å². The molecule has 3 N–H and O–H groups in total. The van der Waals surface area contributed by atoms with E-state index >= 15 is 0 Å². The number of carbonyl (C=O) groups excluding carboxylic acids is 3. The lowest BCUT2D eigenvalue weighted by Crippen LogP contribution is -2.49. The number of rotatable bonds is 8. The minimum atomic E-state index is -1.24. The van der Waals surface area contributed by atoms with Gasteiger partial charge in [-0.2, -0.15) is 0 Å². The quantitative estimate of drug-likeness (QED) is 0.590. The van der Waals surface area contributed by atoms with Crippen LogP contribution in [0.2, 0.25) is 0 Å². The highest BCUT2D eigenvalue weighted by Crippen LogP contribution is 2.14. The van der Waals surface area contributed by atoms with E-state index in [-0.39, 0.29) is 6.61 Å². The van der Waals surface area contributed by atoms with E-state index in [1.807, 2.05) is 18.2 Å². The minimum Gasteiger partial charge on any atom is -0.467 e. The topological polar surface area (TPSA) is 114 Å². The van der Waals surface area contributed by atoms with Crippen molar-refractivity contribution in [3.63, 3.8) is 0 Å². The summed E-state index contributed by atoms with van der Waals surface area (Å²) in [7, 11) is 1.14. The number of hydrogen-bond donors (Lipinski definition) is 3. The molecule has 0 aliphatic carbocycles. The van der Waals surface area contributed by atoms with E-state index in [4.69, 9.17) is 4.74 Å². The van der Waals surface area contributed by atoms with Crippen molar-refractivity contribution in [3.8, 4) is 0 Å². The molecular formula is C20H22N2O6. The van der Waals surface area contributed by atoms with Crippen LogP contribution in [0, 0.1) is 0 Å². The van der Waals surface area contributed by atoms with Gasteiger partial charge in [-0.1, -0.05) is 60.7 Å². The molecule has 2 aromatic rings. The van der Waals surface area contributed by atoms with Crippen molar-refractivity contribution in [2.75, 3.05) is 13.7 Å². The predicted molar refractivity (Wildman–Crippen MR) is 100.0 cm³/mol. The zero-order valence-corrected chi connectivity index (χ0v) is 15.3. The Labute approximate surface area is 162 Å². The van der Waals surface area contributed by atoms with Gasteiger partial charge in [-0.3, -0.25) is 4.79 Å². The molecule has 8 nitrogen and oxygen atoms in total. The molecule has 0 radical (unpaired) electrons. The van der Waals surface area contributed by atoms with E-state index < -0.39 is 36.7 Å². The number of benzene rings is 2. The van der Waals surface area contributed by atoms with Gasteiger partial charge in [-0.15, -0.1) is 0 Å². The number of esters is 1. The number of aliphatic hydroxyl groups is 1. The first-order valence-corrected chi connectivity index (χ1v) is 8.56. The van der Waals surface area contributed by atoms with Gasteiger partial charge in [0.1, 0.15) is 12.6 Å². The van der Waals surface area contributed by atoms with Crippen molar-refractivity contribution >= 4 is 18.0 Å². The first-order chi connectivity index (χ1) is 13.5. The second-order valence-corrected chi connectivity index (χ2v) is 5.82. The fourth-order valence-electron chi connectivity index (χ4n) is 2.40. The lowest BCUT2D eigenvalue weighted by molar-refractivity contribution is -0.146. The molecule has 2 amide bonds. The maximum atomic E-state index is 12.6. The van der Waals surface area contributed by atoms with Gasteiger partial charge in [0.05, 0.1) is 13.7 Å². The van der Waals surface area contributed by atoms with Crippen molar-refractivity contribution < 1.29 is 29.0 Å². The van der Waals surface area contributed by atoms with E-state index in [0.29, 0.717) is 5.56 Å². The van der Waals surface area contributed by atoms with Crippen LogP contribution in [0.1, 0.15) is 17.2 Å². The molecule has 0 spiro atoms. The Morgan fingerprint density at radius 1 is 0.964 bits per heavy atom. The van der Waals surface area contributed by atoms with E-state index in [9.17, 15) is 19.5 Å². The van der Waals surface area contributed by atoms with Gasteiger partial charge in [-0.05, 0) is 11.1 Å². The third-order valence-electron chi connectivity index (χ3n) is 3.85. The molecule has 0 heterocycles. The number of amides is 2. The lowest BCUT2D eigenvalue weighted by Gasteiger charge is -2.21. The standard InChI is InChI=1S/C20H22N2O6/c1-27-19(25)16(12-23)21-18(24)17(15-10-6-3-7-11-15)22-20(26)28-13-14-8-4-2-5-9-14/h2-11,16-17,23H,12-13H2,1H3,(H,21,24)(H,22,26)/t16?,17-/m0/s1. The Bertz CT molecular complexity index is 782. The average molecular weight is 386 g/mol.